The highest BCUT2D eigenvalue weighted by Gasteiger charge is 2.17. The van der Waals surface area contributed by atoms with Crippen molar-refractivity contribution in [2.24, 2.45) is 0 Å². The number of rotatable bonds is 4. The number of carbonyl (C=O) groups is 1. The lowest BCUT2D eigenvalue weighted by Crippen LogP contribution is -2.23. The second kappa shape index (κ2) is 8.65. The molecule has 0 aliphatic rings. The van der Waals surface area contributed by atoms with Crippen molar-refractivity contribution in [1.82, 2.24) is 9.55 Å². The fourth-order valence-electron chi connectivity index (χ4n) is 3.37. The molecule has 33 heavy (non-hydrogen) atoms. The van der Waals surface area contributed by atoms with Gasteiger partial charge in [-0.15, -0.1) is 0 Å². The highest BCUT2D eigenvalue weighted by Crippen LogP contribution is 2.25. The van der Waals surface area contributed by atoms with Crippen molar-refractivity contribution in [1.29, 1.82) is 0 Å². The fourth-order valence-corrected chi connectivity index (χ4v) is 3.37. The van der Waals surface area contributed by atoms with E-state index in [4.69, 9.17) is 0 Å². The summed E-state index contributed by atoms with van der Waals surface area (Å²) < 4.78 is 43.4. The number of hydrogen-bond donors (Lipinski definition) is 3. The van der Waals surface area contributed by atoms with Gasteiger partial charge in [-0.25, -0.2) is 22.9 Å². The number of aromatic nitrogens is 2. The Morgan fingerprint density at radius 2 is 1.82 bits per heavy atom. The maximum atomic E-state index is 14.7. The van der Waals surface area contributed by atoms with Gasteiger partial charge in [-0.05, 0) is 42.6 Å². The van der Waals surface area contributed by atoms with Gasteiger partial charge >= 0.3 is 6.03 Å². The number of nitrogens with one attached hydrogen (secondary N) is 3. The summed E-state index contributed by atoms with van der Waals surface area (Å²) in [5, 5.41) is 8.68. The number of hydrogen-bond acceptors (Lipinski definition) is 4. The van der Waals surface area contributed by atoms with E-state index in [9.17, 15) is 22.8 Å². The lowest BCUT2D eigenvalue weighted by Gasteiger charge is -2.14. The van der Waals surface area contributed by atoms with Crippen molar-refractivity contribution >= 4 is 34.0 Å². The van der Waals surface area contributed by atoms with Crippen molar-refractivity contribution in [3.05, 3.63) is 88.2 Å². The molecule has 0 saturated carbocycles. The van der Waals surface area contributed by atoms with Crippen LogP contribution in [-0.4, -0.2) is 22.6 Å². The van der Waals surface area contributed by atoms with Crippen LogP contribution in [0, 0.1) is 24.4 Å². The van der Waals surface area contributed by atoms with Gasteiger partial charge in [-0.1, -0.05) is 6.07 Å². The Bertz CT molecular complexity index is 1450. The third kappa shape index (κ3) is 4.36. The van der Waals surface area contributed by atoms with Crippen LogP contribution in [0.15, 0.2) is 59.7 Å². The van der Waals surface area contributed by atoms with Crippen LogP contribution >= 0.6 is 0 Å². The third-order valence-electron chi connectivity index (χ3n) is 5.03. The molecule has 0 spiro atoms. The van der Waals surface area contributed by atoms with E-state index in [2.05, 4.69) is 20.9 Å². The van der Waals surface area contributed by atoms with Crippen molar-refractivity contribution in [3.8, 4) is 5.69 Å². The third-order valence-corrected chi connectivity index (χ3v) is 5.03. The summed E-state index contributed by atoms with van der Waals surface area (Å²) in [7, 11) is 1.69. The van der Waals surface area contributed by atoms with Gasteiger partial charge in [0.15, 0.2) is 0 Å². The van der Waals surface area contributed by atoms with Gasteiger partial charge in [0.05, 0.1) is 11.4 Å². The van der Waals surface area contributed by atoms with E-state index in [1.54, 1.807) is 20.0 Å². The molecule has 2 amide bonds. The molecule has 0 aliphatic carbocycles. The number of fused-ring (bicyclic) bond motifs is 1. The van der Waals surface area contributed by atoms with Crippen molar-refractivity contribution in [2.45, 2.75) is 6.92 Å². The average molecular weight is 453 g/mol. The predicted molar refractivity (Wildman–Crippen MR) is 121 cm³/mol. The molecule has 4 aromatic rings. The largest absolute Gasteiger partial charge is 0.373 e. The number of halogens is 3. The molecule has 10 heteroatoms. The quantitative estimate of drug-likeness (QED) is 0.414. The predicted octanol–water partition coefficient (Wildman–Crippen LogP) is 4.80. The van der Waals surface area contributed by atoms with E-state index in [1.165, 1.54) is 30.6 Å². The van der Waals surface area contributed by atoms with Crippen LogP contribution in [0.25, 0.3) is 16.5 Å². The van der Waals surface area contributed by atoms with E-state index in [0.717, 1.165) is 16.7 Å². The number of amides is 2. The smallest absolute Gasteiger partial charge is 0.323 e. The zero-order valence-electron chi connectivity index (χ0n) is 17.5. The number of urea groups is 1. The first kappa shape index (κ1) is 21.9. The van der Waals surface area contributed by atoms with Gasteiger partial charge in [0.1, 0.15) is 23.3 Å². The van der Waals surface area contributed by atoms with Crippen molar-refractivity contribution in [2.75, 3.05) is 23.0 Å². The number of anilines is 3. The molecule has 0 aliphatic heterocycles. The molecule has 168 valence electrons. The van der Waals surface area contributed by atoms with Crippen molar-refractivity contribution in [3.63, 3.8) is 0 Å². The first-order valence-corrected chi connectivity index (χ1v) is 9.79. The van der Waals surface area contributed by atoms with E-state index in [1.807, 2.05) is 0 Å². The lowest BCUT2D eigenvalue weighted by atomic mass is 10.1. The molecule has 2 aromatic carbocycles. The number of carbonyl (C=O) groups excluding carboxylic acids is 1. The molecule has 0 unspecified atom stereocenters. The molecule has 2 heterocycles. The summed E-state index contributed by atoms with van der Waals surface area (Å²) in [6.07, 6.45) is 2.92. The maximum Gasteiger partial charge on any atom is 0.323 e. The minimum Gasteiger partial charge on any atom is -0.373 e. The number of benzene rings is 2. The molecule has 7 nitrogen and oxygen atoms in total. The second-order valence-corrected chi connectivity index (χ2v) is 7.21. The molecule has 0 atom stereocenters. The molecule has 0 bridgehead atoms. The summed E-state index contributed by atoms with van der Waals surface area (Å²) in [6, 6.07) is 7.53. The second-order valence-electron chi connectivity index (χ2n) is 7.21. The van der Waals surface area contributed by atoms with Crippen LogP contribution in [-0.2, 0) is 0 Å². The molecule has 2 aromatic heterocycles. The van der Waals surface area contributed by atoms with Crippen LogP contribution in [0.5, 0.6) is 0 Å². The Balaban J connectivity index is 1.73. The SMILES string of the molecule is CNc1cc2c(C)c(=O)n(-c3cc(NC(=O)Nc4cccc(F)c4)c(F)cc3F)cc2cn1. The minimum atomic E-state index is -1.04. The first-order valence-electron chi connectivity index (χ1n) is 9.79. The van der Waals surface area contributed by atoms with E-state index in [0.29, 0.717) is 28.2 Å². The molecular formula is C23H18F3N5O2. The molecular weight excluding hydrogens is 435 g/mol. The highest BCUT2D eigenvalue weighted by atomic mass is 19.1. The Hall–Kier alpha value is -4.34. The van der Waals surface area contributed by atoms with E-state index < -0.39 is 29.0 Å². The topological polar surface area (TPSA) is 88.0 Å². The summed E-state index contributed by atoms with van der Waals surface area (Å²) in [5.41, 5.74) is -0.659. The monoisotopic (exact) mass is 453 g/mol. The van der Waals surface area contributed by atoms with E-state index >= 15 is 0 Å². The van der Waals surface area contributed by atoms with E-state index in [-0.39, 0.29) is 17.1 Å². The normalized spacial score (nSPS) is 10.8. The minimum absolute atomic E-state index is 0.144. The summed E-state index contributed by atoms with van der Waals surface area (Å²) in [5.74, 6) is -2.04. The maximum absolute atomic E-state index is 14.7. The Morgan fingerprint density at radius 3 is 2.55 bits per heavy atom. The molecule has 4 rings (SSSR count). The molecule has 0 saturated heterocycles. The molecule has 0 fully saturated rings. The molecule has 0 radical (unpaired) electrons. The van der Waals surface area contributed by atoms with Gasteiger partial charge in [0.25, 0.3) is 5.56 Å². The highest BCUT2D eigenvalue weighted by molar-refractivity contribution is 6.00. The van der Waals surface area contributed by atoms with Gasteiger partial charge in [-0.2, -0.15) is 0 Å². The van der Waals surface area contributed by atoms with Gasteiger partial charge in [0.2, 0.25) is 0 Å². The number of nitrogens with zero attached hydrogens (tertiary/aromatic N) is 2. The summed E-state index contributed by atoms with van der Waals surface area (Å²) >= 11 is 0. The van der Waals surface area contributed by atoms with Crippen LogP contribution < -0.4 is 21.5 Å². The fraction of sp³-hybridized carbons (Fsp3) is 0.0870. The summed E-state index contributed by atoms with van der Waals surface area (Å²) in [6.45, 7) is 1.59. The zero-order chi connectivity index (χ0) is 23.7. The lowest BCUT2D eigenvalue weighted by molar-refractivity contribution is 0.262. The Labute approximate surface area is 185 Å². The van der Waals surface area contributed by atoms with Gasteiger partial charge in [0, 0.05) is 42.1 Å². The standard InChI is InChI=1S/C23H18F3N5O2/c1-12-16-7-21(27-2)28-10-13(16)11-31(22(12)32)20-9-19(17(25)8-18(20)26)30-23(33)29-15-5-3-4-14(24)6-15/h3-11,27H,1-2H3,(H2,29,30,33). The zero-order valence-corrected chi connectivity index (χ0v) is 17.5. The van der Waals surface area contributed by atoms with Crippen LogP contribution in [0.4, 0.5) is 35.2 Å². The van der Waals surface area contributed by atoms with Crippen molar-refractivity contribution < 1.29 is 18.0 Å². The number of aryl methyl sites for hydroxylation is 1. The van der Waals surface area contributed by atoms with Gasteiger partial charge < -0.3 is 16.0 Å². The number of pyridine rings is 2. The van der Waals surface area contributed by atoms with Gasteiger partial charge in [-0.3, -0.25) is 9.36 Å². The van der Waals surface area contributed by atoms with Crippen LogP contribution in [0.1, 0.15) is 5.56 Å². The van der Waals surface area contributed by atoms with Crippen LogP contribution in [0.2, 0.25) is 0 Å². The summed E-state index contributed by atoms with van der Waals surface area (Å²) in [4.78, 5) is 29.4. The Morgan fingerprint density at radius 1 is 1.03 bits per heavy atom. The van der Waals surface area contributed by atoms with Crippen LogP contribution in [0.3, 0.4) is 0 Å². The molecule has 3 N–H and O–H groups in total. The first-order chi connectivity index (χ1) is 15.8. The average Bonchev–Trinajstić information content (AvgIpc) is 2.78. The Kier molecular flexibility index (Phi) is 5.74.